The minimum atomic E-state index is -3.75. The highest BCUT2D eigenvalue weighted by Gasteiger charge is 2.15. The van der Waals surface area contributed by atoms with Crippen molar-refractivity contribution < 1.29 is 17.9 Å². The van der Waals surface area contributed by atoms with Crippen LogP contribution in [-0.2, 0) is 10.0 Å². The maximum atomic E-state index is 12.7. The lowest BCUT2D eigenvalue weighted by molar-refractivity contribution is 0.0977. The van der Waals surface area contributed by atoms with E-state index in [1.165, 1.54) is 12.1 Å². The number of amides is 1. The van der Waals surface area contributed by atoms with Crippen LogP contribution >= 0.6 is 12.2 Å². The van der Waals surface area contributed by atoms with E-state index in [1.807, 2.05) is 19.9 Å². The van der Waals surface area contributed by atoms with E-state index in [0.717, 1.165) is 30.4 Å². The largest absolute Gasteiger partial charge is 0.494 e. The molecular weight excluding hydrogens is 494 g/mol. The summed E-state index contributed by atoms with van der Waals surface area (Å²) in [5.74, 6) is 0.354. The van der Waals surface area contributed by atoms with Crippen LogP contribution in [0.15, 0.2) is 71.6 Å². The van der Waals surface area contributed by atoms with Crippen molar-refractivity contribution >= 4 is 44.6 Å². The van der Waals surface area contributed by atoms with E-state index in [0.29, 0.717) is 29.3 Å². The van der Waals surface area contributed by atoms with Crippen LogP contribution in [0, 0.1) is 13.8 Å². The Morgan fingerprint density at radius 1 is 0.889 bits per heavy atom. The Balaban J connectivity index is 1.54. The predicted molar refractivity (Wildman–Crippen MR) is 148 cm³/mol. The second-order valence-electron chi connectivity index (χ2n) is 8.49. The Hall–Kier alpha value is -3.43. The molecule has 0 aliphatic carbocycles. The standard InChI is InChI=1S/C27H31N3O4S2/c1-4-5-6-15-34-24-11-7-21(8-12-24)26(31)29-27(35)28-22-9-13-25(14-10-22)36(32,33)30-23-17-19(2)16-20(3)18-23/h7-14,16-18,30H,4-6,15H2,1-3H3,(H2,28,29,31,35). The van der Waals surface area contributed by atoms with E-state index in [2.05, 4.69) is 22.3 Å². The summed E-state index contributed by atoms with van der Waals surface area (Å²) in [6.45, 7) is 6.60. The van der Waals surface area contributed by atoms with Gasteiger partial charge in [-0.15, -0.1) is 0 Å². The fourth-order valence-corrected chi connectivity index (χ4v) is 4.80. The third-order valence-corrected chi connectivity index (χ3v) is 6.86. The Labute approximate surface area is 218 Å². The van der Waals surface area contributed by atoms with Crippen molar-refractivity contribution in [3.63, 3.8) is 0 Å². The van der Waals surface area contributed by atoms with Gasteiger partial charge in [0, 0.05) is 16.9 Å². The summed E-state index contributed by atoms with van der Waals surface area (Å²) in [4.78, 5) is 12.6. The molecule has 3 aromatic rings. The summed E-state index contributed by atoms with van der Waals surface area (Å²) in [5.41, 5.74) is 3.43. The molecule has 0 radical (unpaired) electrons. The second kappa shape index (κ2) is 12.5. The molecule has 0 saturated heterocycles. The van der Waals surface area contributed by atoms with Crippen molar-refractivity contribution in [1.82, 2.24) is 5.32 Å². The fraction of sp³-hybridized carbons (Fsp3) is 0.259. The number of hydrogen-bond acceptors (Lipinski definition) is 5. The van der Waals surface area contributed by atoms with Crippen LogP contribution in [-0.4, -0.2) is 26.0 Å². The van der Waals surface area contributed by atoms with Crippen LogP contribution in [0.3, 0.4) is 0 Å². The number of hydrogen-bond donors (Lipinski definition) is 3. The zero-order chi connectivity index (χ0) is 26.1. The molecule has 0 heterocycles. The highest BCUT2D eigenvalue weighted by atomic mass is 32.2. The van der Waals surface area contributed by atoms with Crippen molar-refractivity contribution in [2.24, 2.45) is 0 Å². The molecule has 0 aliphatic rings. The molecule has 0 saturated carbocycles. The van der Waals surface area contributed by atoms with Gasteiger partial charge < -0.3 is 10.1 Å². The zero-order valence-electron chi connectivity index (χ0n) is 20.6. The van der Waals surface area contributed by atoms with Crippen LogP contribution in [0.2, 0.25) is 0 Å². The second-order valence-corrected chi connectivity index (χ2v) is 10.6. The molecule has 0 aromatic heterocycles. The van der Waals surface area contributed by atoms with Crippen LogP contribution < -0.4 is 20.1 Å². The third-order valence-electron chi connectivity index (χ3n) is 5.26. The summed E-state index contributed by atoms with van der Waals surface area (Å²) in [7, 11) is -3.75. The van der Waals surface area contributed by atoms with Gasteiger partial charge in [0.05, 0.1) is 11.5 Å². The van der Waals surface area contributed by atoms with Gasteiger partial charge in [-0.05, 0) is 104 Å². The van der Waals surface area contributed by atoms with E-state index in [1.54, 1.807) is 48.5 Å². The molecule has 3 N–H and O–H groups in total. The van der Waals surface area contributed by atoms with Gasteiger partial charge in [-0.25, -0.2) is 8.42 Å². The van der Waals surface area contributed by atoms with Crippen molar-refractivity contribution in [2.45, 2.75) is 44.9 Å². The Kier molecular flexibility index (Phi) is 9.44. The maximum Gasteiger partial charge on any atom is 0.261 e. The van der Waals surface area contributed by atoms with Crippen LogP contribution in [0.25, 0.3) is 0 Å². The third kappa shape index (κ3) is 8.07. The topological polar surface area (TPSA) is 96.5 Å². The van der Waals surface area contributed by atoms with Crippen molar-refractivity contribution in [1.29, 1.82) is 0 Å². The normalized spacial score (nSPS) is 11.0. The summed E-state index contributed by atoms with van der Waals surface area (Å²) in [6, 6.07) is 18.5. The first-order valence-corrected chi connectivity index (χ1v) is 13.6. The maximum absolute atomic E-state index is 12.7. The van der Waals surface area contributed by atoms with Gasteiger partial charge in [-0.1, -0.05) is 25.8 Å². The van der Waals surface area contributed by atoms with Gasteiger partial charge in [0.1, 0.15) is 5.75 Å². The van der Waals surface area contributed by atoms with Gasteiger partial charge >= 0.3 is 0 Å². The van der Waals surface area contributed by atoms with Crippen LogP contribution in [0.4, 0.5) is 11.4 Å². The summed E-state index contributed by atoms with van der Waals surface area (Å²) in [6.07, 6.45) is 3.24. The number of anilines is 2. The zero-order valence-corrected chi connectivity index (χ0v) is 22.3. The molecule has 9 heteroatoms. The number of nitrogens with one attached hydrogen (secondary N) is 3. The number of benzene rings is 3. The molecule has 7 nitrogen and oxygen atoms in total. The van der Waals surface area contributed by atoms with Gasteiger partial charge in [-0.3, -0.25) is 14.8 Å². The Bertz CT molecular complexity index is 1290. The fourth-order valence-electron chi connectivity index (χ4n) is 3.55. The Morgan fingerprint density at radius 2 is 1.53 bits per heavy atom. The summed E-state index contributed by atoms with van der Waals surface area (Å²) >= 11 is 5.24. The first kappa shape index (κ1) is 27.2. The molecule has 0 bridgehead atoms. The molecule has 3 rings (SSSR count). The van der Waals surface area contributed by atoms with Crippen molar-refractivity contribution in [3.8, 4) is 5.75 Å². The lowest BCUT2D eigenvalue weighted by Crippen LogP contribution is -2.34. The molecule has 0 spiro atoms. The van der Waals surface area contributed by atoms with E-state index >= 15 is 0 Å². The van der Waals surface area contributed by atoms with E-state index in [4.69, 9.17) is 17.0 Å². The van der Waals surface area contributed by atoms with Crippen molar-refractivity contribution in [3.05, 3.63) is 83.4 Å². The number of aryl methyl sites for hydroxylation is 2. The van der Waals surface area contributed by atoms with Gasteiger partial charge in [0.15, 0.2) is 5.11 Å². The number of carbonyl (C=O) groups excluding carboxylic acids is 1. The SMILES string of the molecule is CCCCCOc1ccc(C(=O)NC(=S)Nc2ccc(S(=O)(=O)Nc3cc(C)cc(C)c3)cc2)cc1. The lowest BCUT2D eigenvalue weighted by Gasteiger charge is -2.12. The average Bonchev–Trinajstić information content (AvgIpc) is 2.81. The van der Waals surface area contributed by atoms with Gasteiger partial charge in [0.2, 0.25) is 0 Å². The molecular formula is C27H31N3O4S2. The Morgan fingerprint density at radius 3 is 2.14 bits per heavy atom. The quantitative estimate of drug-likeness (QED) is 0.229. The average molecular weight is 526 g/mol. The predicted octanol–water partition coefficient (Wildman–Crippen LogP) is 5.80. The monoisotopic (exact) mass is 525 g/mol. The first-order valence-electron chi connectivity index (χ1n) is 11.7. The van der Waals surface area contributed by atoms with E-state index < -0.39 is 10.0 Å². The first-order chi connectivity index (χ1) is 17.2. The lowest BCUT2D eigenvalue weighted by atomic mass is 10.1. The van der Waals surface area contributed by atoms with Gasteiger partial charge in [0.25, 0.3) is 15.9 Å². The molecule has 0 atom stereocenters. The molecule has 0 aliphatic heterocycles. The minimum absolute atomic E-state index is 0.101. The van der Waals surface area contributed by atoms with Crippen molar-refractivity contribution in [2.75, 3.05) is 16.6 Å². The molecule has 3 aromatic carbocycles. The molecule has 190 valence electrons. The molecule has 1 amide bonds. The summed E-state index contributed by atoms with van der Waals surface area (Å²) in [5, 5.41) is 5.62. The number of carbonyl (C=O) groups is 1. The minimum Gasteiger partial charge on any atom is -0.494 e. The number of thiocarbonyl (C=S) groups is 1. The highest BCUT2D eigenvalue weighted by molar-refractivity contribution is 7.92. The molecule has 36 heavy (non-hydrogen) atoms. The van der Waals surface area contributed by atoms with Crippen LogP contribution in [0.5, 0.6) is 5.75 Å². The highest BCUT2D eigenvalue weighted by Crippen LogP contribution is 2.20. The number of ether oxygens (including phenoxy) is 1. The molecule has 0 unspecified atom stereocenters. The van der Waals surface area contributed by atoms with E-state index in [-0.39, 0.29) is 15.9 Å². The molecule has 0 fully saturated rings. The number of sulfonamides is 1. The summed E-state index contributed by atoms with van der Waals surface area (Å²) < 4.78 is 33.8. The smallest absolute Gasteiger partial charge is 0.261 e. The van der Waals surface area contributed by atoms with E-state index in [9.17, 15) is 13.2 Å². The number of rotatable bonds is 10. The number of unbranched alkanes of at least 4 members (excludes halogenated alkanes) is 2. The van der Waals surface area contributed by atoms with Crippen LogP contribution in [0.1, 0.15) is 47.7 Å². The van der Waals surface area contributed by atoms with Gasteiger partial charge in [-0.2, -0.15) is 0 Å².